The first-order valence-electron chi connectivity index (χ1n) is 10.7. The van der Waals surface area contributed by atoms with Gasteiger partial charge >= 0.3 is 6.18 Å². The average molecular weight is 488 g/mol. The molecule has 4 heterocycles. The standard InChI is InChI=1S/C22H20F3N7OS/c1-12(18-10-28-21(34-18)31-13-5-6-19(27-8-13)22(23,24)25)30-20(33)15-7-17-16(9-26-15)29-11-32(17)14-3-2-4-14/h5-12,14H,2-4H2,1H3,(H,28,31)(H,30,33). The van der Waals surface area contributed by atoms with Gasteiger partial charge in [-0.3, -0.25) is 4.79 Å². The minimum atomic E-state index is -4.49. The Hall–Kier alpha value is -3.54. The second kappa shape index (κ2) is 8.67. The molecule has 1 fully saturated rings. The van der Waals surface area contributed by atoms with Crippen molar-refractivity contribution in [3.63, 3.8) is 0 Å². The summed E-state index contributed by atoms with van der Waals surface area (Å²) in [4.78, 5) is 29.9. The fraction of sp³-hybridized carbons (Fsp3) is 0.318. The van der Waals surface area contributed by atoms with Crippen LogP contribution in [0.15, 0.2) is 43.1 Å². The molecule has 5 rings (SSSR count). The number of hydrogen-bond donors (Lipinski definition) is 2. The third-order valence-electron chi connectivity index (χ3n) is 5.77. The molecular formula is C22H20F3N7OS. The number of amides is 1. The maximum atomic E-state index is 12.8. The maximum Gasteiger partial charge on any atom is 0.433 e. The number of alkyl halides is 3. The molecule has 1 aliphatic carbocycles. The Labute approximate surface area is 196 Å². The summed E-state index contributed by atoms with van der Waals surface area (Å²) in [5, 5.41) is 6.33. The molecule has 1 atom stereocenters. The highest BCUT2D eigenvalue weighted by Gasteiger charge is 2.32. The van der Waals surface area contributed by atoms with E-state index in [0.29, 0.717) is 22.6 Å². The Morgan fingerprint density at radius 1 is 1.15 bits per heavy atom. The van der Waals surface area contributed by atoms with Crippen molar-refractivity contribution in [1.82, 2.24) is 29.8 Å². The highest BCUT2D eigenvalue weighted by molar-refractivity contribution is 7.15. The average Bonchev–Trinajstić information content (AvgIpc) is 3.39. The van der Waals surface area contributed by atoms with Crippen molar-refractivity contribution in [1.29, 1.82) is 0 Å². The number of hydrogen-bond acceptors (Lipinski definition) is 7. The first-order valence-corrected chi connectivity index (χ1v) is 11.5. The number of anilines is 2. The molecule has 0 spiro atoms. The summed E-state index contributed by atoms with van der Waals surface area (Å²) in [6.45, 7) is 1.83. The summed E-state index contributed by atoms with van der Waals surface area (Å²) >= 11 is 1.28. The van der Waals surface area contributed by atoms with Crippen molar-refractivity contribution >= 4 is 39.1 Å². The summed E-state index contributed by atoms with van der Waals surface area (Å²) in [5.74, 6) is -0.314. The summed E-state index contributed by atoms with van der Waals surface area (Å²) < 4.78 is 40.1. The number of imidazole rings is 1. The van der Waals surface area contributed by atoms with Crippen molar-refractivity contribution in [2.24, 2.45) is 0 Å². The topological polar surface area (TPSA) is 97.6 Å². The number of thiazole rings is 1. The van der Waals surface area contributed by atoms with Crippen LogP contribution in [-0.2, 0) is 6.18 Å². The van der Waals surface area contributed by atoms with Gasteiger partial charge in [-0.15, -0.1) is 0 Å². The second-order valence-corrected chi connectivity index (χ2v) is 9.17. The normalized spacial score (nSPS) is 15.2. The molecule has 0 bridgehead atoms. The molecule has 0 saturated heterocycles. The van der Waals surface area contributed by atoms with Gasteiger partial charge in [0.05, 0.1) is 36.0 Å². The van der Waals surface area contributed by atoms with E-state index < -0.39 is 11.9 Å². The number of carbonyl (C=O) groups is 1. The molecule has 1 amide bonds. The van der Waals surface area contributed by atoms with E-state index in [1.54, 1.807) is 24.8 Å². The number of pyridine rings is 2. The Bertz CT molecular complexity index is 1330. The molecule has 12 heteroatoms. The largest absolute Gasteiger partial charge is 0.433 e. The number of rotatable bonds is 6. The van der Waals surface area contributed by atoms with Crippen LogP contribution >= 0.6 is 11.3 Å². The number of nitrogens with zero attached hydrogens (tertiary/aromatic N) is 5. The van der Waals surface area contributed by atoms with E-state index in [4.69, 9.17) is 0 Å². The third-order valence-corrected chi connectivity index (χ3v) is 6.86. The molecule has 2 N–H and O–H groups in total. The van der Waals surface area contributed by atoms with Crippen molar-refractivity contribution < 1.29 is 18.0 Å². The zero-order chi connectivity index (χ0) is 23.9. The molecule has 0 aromatic carbocycles. The smallest absolute Gasteiger partial charge is 0.343 e. The molecule has 1 unspecified atom stereocenters. The van der Waals surface area contributed by atoms with Crippen molar-refractivity contribution in [3.8, 4) is 0 Å². The lowest BCUT2D eigenvalue weighted by Gasteiger charge is -2.27. The van der Waals surface area contributed by atoms with Crippen molar-refractivity contribution in [3.05, 3.63) is 59.4 Å². The van der Waals surface area contributed by atoms with Crippen LogP contribution in [0.5, 0.6) is 0 Å². The van der Waals surface area contributed by atoms with Gasteiger partial charge in [0, 0.05) is 17.1 Å². The Morgan fingerprint density at radius 2 is 1.97 bits per heavy atom. The van der Waals surface area contributed by atoms with E-state index in [1.807, 2.05) is 6.92 Å². The molecule has 1 saturated carbocycles. The van der Waals surface area contributed by atoms with Crippen LogP contribution in [-0.4, -0.2) is 30.4 Å². The Balaban J connectivity index is 1.25. The van der Waals surface area contributed by atoms with Gasteiger partial charge in [-0.25, -0.2) is 19.9 Å². The highest BCUT2D eigenvalue weighted by atomic mass is 32.1. The molecule has 8 nitrogen and oxygen atoms in total. The van der Waals surface area contributed by atoms with Gasteiger partial charge in [0.1, 0.15) is 16.9 Å². The van der Waals surface area contributed by atoms with E-state index >= 15 is 0 Å². The van der Waals surface area contributed by atoms with E-state index in [9.17, 15) is 18.0 Å². The van der Waals surface area contributed by atoms with Gasteiger partial charge in [0.2, 0.25) is 0 Å². The molecule has 34 heavy (non-hydrogen) atoms. The lowest BCUT2D eigenvalue weighted by molar-refractivity contribution is -0.141. The predicted octanol–water partition coefficient (Wildman–Crippen LogP) is 5.26. The highest BCUT2D eigenvalue weighted by Crippen LogP contribution is 2.34. The van der Waals surface area contributed by atoms with E-state index in [2.05, 4.69) is 35.1 Å². The summed E-state index contributed by atoms with van der Waals surface area (Å²) in [6.07, 6.45) is 5.05. The van der Waals surface area contributed by atoms with Crippen LogP contribution in [0.1, 0.15) is 59.3 Å². The minimum Gasteiger partial charge on any atom is -0.343 e. The second-order valence-electron chi connectivity index (χ2n) is 8.11. The SMILES string of the molecule is CC(NC(=O)c1cc2c(cn1)ncn2C1CCC1)c1cnc(Nc2ccc(C(F)(F)F)nc2)s1. The first kappa shape index (κ1) is 22.3. The van der Waals surface area contributed by atoms with E-state index in [-0.39, 0.29) is 11.9 Å². The van der Waals surface area contributed by atoms with Gasteiger partial charge in [0.15, 0.2) is 5.13 Å². The zero-order valence-electron chi connectivity index (χ0n) is 18.0. The lowest BCUT2D eigenvalue weighted by Crippen LogP contribution is -2.27. The quantitative estimate of drug-likeness (QED) is 0.385. The number of aromatic nitrogens is 5. The van der Waals surface area contributed by atoms with E-state index in [1.165, 1.54) is 23.8 Å². The summed E-state index contributed by atoms with van der Waals surface area (Å²) in [6, 6.07) is 4.03. The minimum absolute atomic E-state index is 0.305. The molecule has 4 aromatic heterocycles. The van der Waals surface area contributed by atoms with Crippen molar-refractivity contribution in [2.75, 3.05) is 5.32 Å². The fourth-order valence-corrected chi connectivity index (χ4v) is 4.49. The van der Waals surface area contributed by atoms with Crippen LogP contribution in [0.25, 0.3) is 11.0 Å². The monoisotopic (exact) mass is 487 g/mol. The van der Waals surface area contributed by atoms with Crippen LogP contribution < -0.4 is 10.6 Å². The molecule has 0 radical (unpaired) electrons. The molecule has 176 valence electrons. The number of carbonyl (C=O) groups excluding carboxylic acids is 1. The Kier molecular flexibility index (Phi) is 5.68. The van der Waals surface area contributed by atoms with Crippen LogP contribution in [0.2, 0.25) is 0 Å². The molecule has 1 aliphatic rings. The summed E-state index contributed by atoms with van der Waals surface area (Å²) in [7, 11) is 0. The first-order chi connectivity index (χ1) is 16.3. The zero-order valence-corrected chi connectivity index (χ0v) is 18.8. The van der Waals surface area contributed by atoms with Gasteiger partial charge in [0.25, 0.3) is 5.91 Å². The number of halogens is 3. The van der Waals surface area contributed by atoms with Crippen LogP contribution in [0, 0.1) is 0 Å². The molecule has 4 aromatic rings. The van der Waals surface area contributed by atoms with Gasteiger partial charge in [-0.05, 0) is 44.4 Å². The number of nitrogens with one attached hydrogen (secondary N) is 2. The van der Waals surface area contributed by atoms with Gasteiger partial charge in [-0.2, -0.15) is 13.2 Å². The van der Waals surface area contributed by atoms with Gasteiger partial charge in [-0.1, -0.05) is 11.3 Å². The van der Waals surface area contributed by atoms with Gasteiger partial charge < -0.3 is 15.2 Å². The summed E-state index contributed by atoms with van der Waals surface area (Å²) in [5.41, 5.74) is 1.38. The lowest BCUT2D eigenvalue weighted by atomic mass is 9.93. The predicted molar refractivity (Wildman–Crippen MR) is 121 cm³/mol. The number of fused-ring (bicyclic) bond motifs is 1. The van der Waals surface area contributed by atoms with Crippen LogP contribution in [0.4, 0.5) is 24.0 Å². The van der Waals surface area contributed by atoms with Crippen molar-refractivity contribution in [2.45, 2.75) is 44.4 Å². The fourth-order valence-electron chi connectivity index (χ4n) is 3.66. The van der Waals surface area contributed by atoms with E-state index in [0.717, 1.165) is 41.0 Å². The third kappa shape index (κ3) is 4.45. The maximum absolute atomic E-state index is 12.8. The Morgan fingerprint density at radius 3 is 2.65 bits per heavy atom. The van der Waals surface area contributed by atoms with Crippen LogP contribution in [0.3, 0.4) is 0 Å². The molecule has 0 aliphatic heterocycles. The molecular weight excluding hydrogens is 467 g/mol.